The molecule has 16 heavy (non-hydrogen) atoms. The standard InChI is InChI=1S/C11H18N2O3/c1-16-11(15)10(14)13-6-4-12(5-7-13)8-9-2-3-9/h9H,2-8H2,1H3. The number of ether oxygens (including phenoxy) is 1. The van der Waals surface area contributed by atoms with Gasteiger partial charge in [0.2, 0.25) is 0 Å². The molecule has 1 aliphatic heterocycles. The van der Waals surface area contributed by atoms with Crippen LogP contribution in [-0.2, 0) is 14.3 Å². The minimum absolute atomic E-state index is 0.506. The number of rotatable bonds is 2. The fourth-order valence-electron chi connectivity index (χ4n) is 2.02. The zero-order valence-corrected chi connectivity index (χ0v) is 9.65. The number of hydrogen-bond donors (Lipinski definition) is 0. The molecule has 2 rings (SSSR count). The number of carbonyl (C=O) groups excluding carboxylic acids is 2. The van der Waals surface area contributed by atoms with E-state index in [2.05, 4.69) is 9.64 Å². The predicted molar refractivity (Wildman–Crippen MR) is 57.8 cm³/mol. The molecule has 0 spiro atoms. The van der Waals surface area contributed by atoms with Crippen molar-refractivity contribution in [1.82, 2.24) is 9.80 Å². The summed E-state index contributed by atoms with van der Waals surface area (Å²) in [5.41, 5.74) is 0. The molecule has 90 valence electrons. The van der Waals surface area contributed by atoms with E-state index in [1.54, 1.807) is 4.90 Å². The average Bonchev–Trinajstić information content (AvgIpc) is 3.12. The summed E-state index contributed by atoms with van der Waals surface area (Å²) in [5.74, 6) is -0.382. The lowest BCUT2D eigenvalue weighted by molar-refractivity contribution is -0.159. The quantitative estimate of drug-likeness (QED) is 0.480. The van der Waals surface area contributed by atoms with Gasteiger partial charge in [-0.2, -0.15) is 0 Å². The molecule has 1 heterocycles. The van der Waals surface area contributed by atoms with E-state index < -0.39 is 11.9 Å². The van der Waals surface area contributed by atoms with E-state index in [0.717, 1.165) is 25.6 Å². The molecule has 0 bridgehead atoms. The molecule has 5 nitrogen and oxygen atoms in total. The van der Waals surface area contributed by atoms with Gasteiger partial charge < -0.3 is 9.64 Å². The third-order valence-electron chi connectivity index (χ3n) is 3.23. The molecule has 0 atom stereocenters. The molecule has 0 N–H and O–H groups in total. The van der Waals surface area contributed by atoms with Crippen molar-refractivity contribution in [2.24, 2.45) is 5.92 Å². The molecular weight excluding hydrogens is 208 g/mol. The van der Waals surface area contributed by atoms with Gasteiger partial charge >= 0.3 is 11.9 Å². The minimum Gasteiger partial charge on any atom is -0.462 e. The van der Waals surface area contributed by atoms with Crippen LogP contribution in [0, 0.1) is 5.92 Å². The van der Waals surface area contributed by atoms with Gasteiger partial charge in [-0.3, -0.25) is 9.69 Å². The fourth-order valence-corrected chi connectivity index (χ4v) is 2.02. The van der Waals surface area contributed by atoms with Crippen molar-refractivity contribution in [1.29, 1.82) is 0 Å². The van der Waals surface area contributed by atoms with Gasteiger partial charge in [0.1, 0.15) is 0 Å². The summed E-state index contributed by atoms with van der Waals surface area (Å²) in [7, 11) is 1.24. The summed E-state index contributed by atoms with van der Waals surface area (Å²) in [4.78, 5) is 26.5. The summed E-state index contributed by atoms with van der Waals surface area (Å²) in [6.45, 7) is 4.18. The monoisotopic (exact) mass is 226 g/mol. The fraction of sp³-hybridized carbons (Fsp3) is 0.818. The largest absolute Gasteiger partial charge is 0.462 e. The van der Waals surface area contributed by atoms with Gasteiger partial charge in [-0.25, -0.2) is 4.79 Å². The number of amides is 1. The van der Waals surface area contributed by atoms with Gasteiger partial charge in [0.05, 0.1) is 7.11 Å². The molecule has 0 aromatic rings. The van der Waals surface area contributed by atoms with E-state index in [1.807, 2.05) is 0 Å². The Morgan fingerprint density at radius 3 is 2.31 bits per heavy atom. The van der Waals surface area contributed by atoms with E-state index >= 15 is 0 Å². The first-order valence-corrected chi connectivity index (χ1v) is 5.80. The molecule has 0 aromatic heterocycles. The van der Waals surface area contributed by atoms with Crippen LogP contribution < -0.4 is 0 Å². The molecule has 2 fully saturated rings. The maximum Gasteiger partial charge on any atom is 0.396 e. The van der Waals surface area contributed by atoms with Crippen molar-refractivity contribution in [2.45, 2.75) is 12.8 Å². The molecule has 0 radical (unpaired) electrons. The van der Waals surface area contributed by atoms with Crippen molar-refractivity contribution in [3.63, 3.8) is 0 Å². The molecule has 1 saturated heterocycles. The molecule has 0 aromatic carbocycles. The van der Waals surface area contributed by atoms with Crippen molar-refractivity contribution in [2.75, 3.05) is 39.8 Å². The molecule has 0 unspecified atom stereocenters. The third kappa shape index (κ3) is 2.72. The van der Waals surface area contributed by atoms with Crippen LogP contribution in [0.1, 0.15) is 12.8 Å². The Labute approximate surface area is 95.3 Å². The molecule has 1 saturated carbocycles. The van der Waals surface area contributed by atoms with E-state index in [9.17, 15) is 9.59 Å². The number of methoxy groups -OCH3 is 1. The third-order valence-corrected chi connectivity index (χ3v) is 3.23. The van der Waals surface area contributed by atoms with Gasteiger partial charge in [-0.05, 0) is 18.8 Å². The first-order valence-electron chi connectivity index (χ1n) is 5.80. The maximum absolute atomic E-state index is 11.5. The number of carbonyl (C=O) groups is 2. The second kappa shape index (κ2) is 4.82. The van der Waals surface area contributed by atoms with Crippen LogP contribution in [0.4, 0.5) is 0 Å². The smallest absolute Gasteiger partial charge is 0.396 e. The zero-order valence-electron chi connectivity index (χ0n) is 9.65. The van der Waals surface area contributed by atoms with Gasteiger partial charge in [0.15, 0.2) is 0 Å². The molecule has 5 heteroatoms. The van der Waals surface area contributed by atoms with Crippen LogP contribution in [0.15, 0.2) is 0 Å². The number of piperazine rings is 1. The Morgan fingerprint density at radius 1 is 1.19 bits per heavy atom. The van der Waals surface area contributed by atoms with Crippen molar-refractivity contribution in [3.8, 4) is 0 Å². The summed E-state index contributed by atoms with van der Waals surface area (Å²) >= 11 is 0. The summed E-state index contributed by atoms with van der Waals surface area (Å²) in [5, 5.41) is 0. The number of esters is 1. The number of nitrogens with zero attached hydrogens (tertiary/aromatic N) is 2. The highest BCUT2D eigenvalue weighted by molar-refractivity contribution is 6.32. The predicted octanol–water partition coefficient (Wildman–Crippen LogP) is -0.286. The second-order valence-corrected chi connectivity index (χ2v) is 4.53. The first kappa shape index (κ1) is 11.4. The van der Waals surface area contributed by atoms with Crippen molar-refractivity contribution >= 4 is 11.9 Å². The first-order chi connectivity index (χ1) is 7.70. The maximum atomic E-state index is 11.5. The average molecular weight is 226 g/mol. The van der Waals surface area contributed by atoms with Crippen LogP contribution >= 0.6 is 0 Å². The lowest BCUT2D eigenvalue weighted by Crippen LogP contribution is -2.51. The molecular formula is C11H18N2O3. The van der Waals surface area contributed by atoms with Gasteiger partial charge in [-0.15, -0.1) is 0 Å². The Balaban J connectivity index is 1.75. The van der Waals surface area contributed by atoms with E-state index in [0.29, 0.717) is 13.1 Å². The lowest BCUT2D eigenvalue weighted by Gasteiger charge is -2.34. The molecule has 1 aliphatic carbocycles. The lowest BCUT2D eigenvalue weighted by atomic mass is 10.2. The van der Waals surface area contributed by atoms with Gasteiger partial charge in [-0.1, -0.05) is 0 Å². The van der Waals surface area contributed by atoms with E-state index in [1.165, 1.54) is 20.0 Å². The van der Waals surface area contributed by atoms with Crippen LogP contribution in [0.5, 0.6) is 0 Å². The topological polar surface area (TPSA) is 49.9 Å². The normalized spacial score (nSPS) is 21.9. The number of hydrogen-bond acceptors (Lipinski definition) is 4. The Bertz CT molecular complexity index is 281. The Morgan fingerprint density at radius 2 is 1.81 bits per heavy atom. The highest BCUT2D eigenvalue weighted by atomic mass is 16.5. The van der Waals surface area contributed by atoms with Crippen molar-refractivity contribution in [3.05, 3.63) is 0 Å². The summed E-state index contributed by atoms with van der Waals surface area (Å²) in [6, 6.07) is 0. The summed E-state index contributed by atoms with van der Waals surface area (Å²) in [6.07, 6.45) is 2.70. The van der Waals surface area contributed by atoms with Crippen LogP contribution in [0.2, 0.25) is 0 Å². The zero-order chi connectivity index (χ0) is 11.5. The van der Waals surface area contributed by atoms with E-state index in [4.69, 9.17) is 0 Å². The van der Waals surface area contributed by atoms with Gasteiger partial charge in [0.25, 0.3) is 0 Å². The minimum atomic E-state index is -0.754. The second-order valence-electron chi connectivity index (χ2n) is 4.53. The summed E-state index contributed by atoms with van der Waals surface area (Å²) < 4.78 is 4.42. The Kier molecular flexibility index (Phi) is 3.43. The molecule has 1 amide bonds. The molecule has 2 aliphatic rings. The highest BCUT2D eigenvalue weighted by Crippen LogP contribution is 2.29. The van der Waals surface area contributed by atoms with Gasteiger partial charge in [0, 0.05) is 32.7 Å². The van der Waals surface area contributed by atoms with Crippen LogP contribution in [0.25, 0.3) is 0 Å². The van der Waals surface area contributed by atoms with Crippen LogP contribution in [-0.4, -0.2) is 61.5 Å². The van der Waals surface area contributed by atoms with Crippen molar-refractivity contribution < 1.29 is 14.3 Å². The Hall–Kier alpha value is -1.10. The SMILES string of the molecule is COC(=O)C(=O)N1CCN(CC2CC2)CC1. The van der Waals surface area contributed by atoms with Crippen LogP contribution in [0.3, 0.4) is 0 Å². The highest BCUT2D eigenvalue weighted by Gasteiger charge is 2.29. The van der Waals surface area contributed by atoms with E-state index in [-0.39, 0.29) is 0 Å².